The monoisotopic (exact) mass is 286 g/mol. The Labute approximate surface area is 127 Å². The fourth-order valence-corrected chi connectivity index (χ4v) is 3.62. The van der Waals surface area contributed by atoms with Crippen molar-refractivity contribution < 1.29 is 4.79 Å². The highest BCUT2D eigenvalue weighted by Gasteiger charge is 2.34. The van der Waals surface area contributed by atoms with Gasteiger partial charge in [0.05, 0.1) is 0 Å². The van der Waals surface area contributed by atoms with Crippen LogP contribution in [0.5, 0.6) is 0 Å². The van der Waals surface area contributed by atoms with Gasteiger partial charge in [0.2, 0.25) is 5.91 Å². The van der Waals surface area contributed by atoms with E-state index in [2.05, 4.69) is 50.4 Å². The first-order valence-corrected chi connectivity index (χ1v) is 8.01. The fraction of sp³-hybridized carbons (Fsp3) is 0.611. The second-order valence-corrected chi connectivity index (χ2v) is 7.78. The van der Waals surface area contributed by atoms with Crippen molar-refractivity contribution in [2.75, 3.05) is 13.1 Å². The molecule has 1 aliphatic carbocycles. The van der Waals surface area contributed by atoms with Crippen molar-refractivity contribution in [1.82, 2.24) is 10.2 Å². The molecule has 1 heterocycles. The topological polar surface area (TPSA) is 32.3 Å². The van der Waals surface area contributed by atoms with Gasteiger partial charge in [0.15, 0.2) is 0 Å². The van der Waals surface area contributed by atoms with E-state index in [0.717, 1.165) is 25.9 Å². The van der Waals surface area contributed by atoms with Crippen LogP contribution in [0.4, 0.5) is 0 Å². The zero-order valence-corrected chi connectivity index (χ0v) is 13.4. The van der Waals surface area contributed by atoms with E-state index < -0.39 is 0 Å². The molecule has 1 aliphatic heterocycles. The molecule has 3 rings (SSSR count). The summed E-state index contributed by atoms with van der Waals surface area (Å²) in [5.41, 5.74) is 3.10. The lowest BCUT2D eigenvalue weighted by atomic mass is 9.96. The van der Waals surface area contributed by atoms with Crippen LogP contribution in [0.2, 0.25) is 0 Å². The van der Waals surface area contributed by atoms with Gasteiger partial charge in [0.1, 0.15) is 0 Å². The van der Waals surface area contributed by atoms with E-state index in [0.29, 0.717) is 24.4 Å². The lowest BCUT2D eigenvalue weighted by Crippen LogP contribution is -2.41. The summed E-state index contributed by atoms with van der Waals surface area (Å²) in [6, 6.07) is 9.50. The Morgan fingerprint density at radius 3 is 2.29 bits per heavy atom. The Kier molecular flexibility index (Phi) is 3.78. The van der Waals surface area contributed by atoms with Crippen molar-refractivity contribution in [3.05, 3.63) is 35.4 Å². The molecule has 114 valence electrons. The van der Waals surface area contributed by atoms with Crippen molar-refractivity contribution in [3.63, 3.8) is 0 Å². The van der Waals surface area contributed by atoms with Crippen LogP contribution in [0, 0.1) is 5.41 Å². The molecule has 21 heavy (non-hydrogen) atoms. The molecule has 0 aromatic heterocycles. The third-order valence-corrected chi connectivity index (χ3v) is 4.40. The van der Waals surface area contributed by atoms with Crippen LogP contribution in [0.3, 0.4) is 0 Å². The molecule has 1 fully saturated rings. The molecule has 3 nitrogen and oxygen atoms in total. The van der Waals surface area contributed by atoms with Crippen molar-refractivity contribution in [1.29, 1.82) is 0 Å². The number of hydrogen-bond acceptors (Lipinski definition) is 2. The van der Waals surface area contributed by atoms with Crippen LogP contribution in [0.1, 0.15) is 38.3 Å². The number of nitrogens with zero attached hydrogens (tertiary/aromatic N) is 1. The minimum Gasteiger partial charge on any atom is -0.341 e. The molecule has 1 aromatic carbocycles. The Morgan fingerprint density at radius 2 is 1.71 bits per heavy atom. The lowest BCUT2D eigenvalue weighted by molar-refractivity contribution is -0.128. The van der Waals surface area contributed by atoms with E-state index in [9.17, 15) is 4.79 Å². The maximum Gasteiger partial charge on any atom is 0.224 e. The zero-order chi connectivity index (χ0) is 15.0. The van der Waals surface area contributed by atoms with Crippen molar-refractivity contribution in [3.8, 4) is 0 Å². The van der Waals surface area contributed by atoms with Crippen LogP contribution in [0.25, 0.3) is 0 Å². The molecular formula is C18H26N2O. The van der Waals surface area contributed by atoms with E-state index in [-0.39, 0.29) is 5.41 Å². The van der Waals surface area contributed by atoms with Gasteiger partial charge in [-0.1, -0.05) is 45.0 Å². The van der Waals surface area contributed by atoms with Gasteiger partial charge in [-0.2, -0.15) is 0 Å². The lowest BCUT2D eigenvalue weighted by Gasteiger charge is -2.27. The molecule has 0 bridgehead atoms. The molecule has 1 N–H and O–H groups in total. The SMILES string of the molecule is CC(C)(C)CN1C[C@H](NC2Cc3ccccc3C2)CC1=O. The molecule has 1 atom stereocenters. The molecule has 0 unspecified atom stereocenters. The smallest absolute Gasteiger partial charge is 0.224 e. The fourth-order valence-electron chi connectivity index (χ4n) is 3.62. The third kappa shape index (κ3) is 3.46. The summed E-state index contributed by atoms with van der Waals surface area (Å²) >= 11 is 0. The maximum atomic E-state index is 12.1. The summed E-state index contributed by atoms with van der Waals surface area (Å²) in [7, 11) is 0. The Balaban J connectivity index is 1.55. The molecule has 0 saturated carbocycles. The van der Waals surface area contributed by atoms with Crippen molar-refractivity contribution >= 4 is 5.91 Å². The average molecular weight is 286 g/mol. The number of benzene rings is 1. The number of likely N-dealkylation sites (tertiary alicyclic amines) is 1. The van der Waals surface area contributed by atoms with Crippen molar-refractivity contribution in [2.45, 2.75) is 52.1 Å². The minimum atomic E-state index is 0.175. The average Bonchev–Trinajstić information content (AvgIpc) is 2.91. The number of carbonyl (C=O) groups excluding carboxylic acids is 1. The standard InChI is InChI=1S/C18H26N2O/c1-18(2,3)12-20-11-16(10-17(20)21)19-15-8-13-6-4-5-7-14(13)9-15/h4-7,15-16,19H,8-12H2,1-3H3/t16-/m1/s1. The summed E-state index contributed by atoms with van der Waals surface area (Å²) in [6.45, 7) is 8.29. The molecule has 1 saturated heterocycles. The second-order valence-electron chi connectivity index (χ2n) is 7.78. The zero-order valence-electron chi connectivity index (χ0n) is 13.4. The first-order chi connectivity index (χ1) is 9.90. The van der Waals surface area contributed by atoms with Gasteiger partial charge < -0.3 is 10.2 Å². The van der Waals surface area contributed by atoms with Gasteiger partial charge in [0, 0.05) is 31.6 Å². The highest BCUT2D eigenvalue weighted by molar-refractivity contribution is 5.79. The van der Waals surface area contributed by atoms with E-state index >= 15 is 0 Å². The Morgan fingerprint density at radius 1 is 1.10 bits per heavy atom. The van der Waals surface area contributed by atoms with Crippen LogP contribution in [-0.4, -0.2) is 36.0 Å². The van der Waals surface area contributed by atoms with Gasteiger partial charge in [0.25, 0.3) is 0 Å². The Bertz CT molecular complexity index is 507. The Hall–Kier alpha value is -1.35. The number of carbonyl (C=O) groups is 1. The predicted octanol–water partition coefficient (Wildman–Crippen LogP) is 2.39. The maximum absolute atomic E-state index is 12.1. The number of hydrogen-bond donors (Lipinski definition) is 1. The minimum absolute atomic E-state index is 0.175. The van der Waals surface area contributed by atoms with Crippen LogP contribution < -0.4 is 5.32 Å². The summed E-state index contributed by atoms with van der Waals surface area (Å²) in [5.74, 6) is 0.304. The summed E-state index contributed by atoms with van der Waals surface area (Å²) in [5, 5.41) is 3.71. The summed E-state index contributed by atoms with van der Waals surface area (Å²) in [4.78, 5) is 14.2. The van der Waals surface area contributed by atoms with Gasteiger partial charge >= 0.3 is 0 Å². The molecule has 0 radical (unpaired) electrons. The van der Waals surface area contributed by atoms with E-state index in [4.69, 9.17) is 0 Å². The quantitative estimate of drug-likeness (QED) is 0.925. The molecule has 1 aromatic rings. The third-order valence-electron chi connectivity index (χ3n) is 4.40. The van der Waals surface area contributed by atoms with Crippen LogP contribution in [-0.2, 0) is 17.6 Å². The predicted molar refractivity (Wildman–Crippen MR) is 85.2 cm³/mol. The largest absolute Gasteiger partial charge is 0.341 e. The molecule has 2 aliphatic rings. The first kappa shape index (κ1) is 14.6. The molecule has 0 spiro atoms. The summed E-state index contributed by atoms with van der Waals surface area (Å²) < 4.78 is 0. The van der Waals surface area contributed by atoms with Crippen molar-refractivity contribution in [2.24, 2.45) is 5.41 Å². The first-order valence-electron chi connectivity index (χ1n) is 8.01. The normalized spacial score (nSPS) is 22.9. The highest BCUT2D eigenvalue weighted by atomic mass is 16.2. The summed E-state index contributed by atoms with van der Waals surface area (Å²) in [6.07, 6.45) is 2.85. The van der Waals surface area contributed by atoms with Crippen LogP contribution in [0.15, 0.2) is 24.3 Å². The van der Waals surface area contributed by atoms with Gasteiger partial charge in [-0.05, 0) is 29.4 Å². The number of rotatable bonds is 3. The number of nitrogens with one attached hydrogen (secondary N) is 1. The molecular weight excluding hydrogens is 260 g/mol. The highest BCUT2D eigenvalue weighted by Crippen LogP contribution is 2.24. The van der Waals surface area contributed by atoms with Gasteiger partial charge in [-0.15, -0.1) is 0 Å². The second kappa shape index (κ2) is 5.45. The van der Waals surface area contributed by atoms with Gasteiger partial charge in [-0.3, -0.25) is 4.79 Å². The molecule has 1 amide bonds. The number of amides is 1. The van der Waals surface area contributed by atoms with E-state index in [1.807, 2.05) is 4.90 Å². The van der Waals surface area contributed by atoms with E-state index in [1.165, 1.54) is 11.1 Å². The van der Waals surface area contributed by atoms with Gasteiger partial charge in [-0.25, -0.2) is 0 Å². The van der Waals surface area contributed by atoms with E-state index in [1.54, 1.807) is 0 Å². The molecule has 3 heteroatoms. The van der Waals surface area contributed by atoms with Crippen LogP contribution >= 0.6 is 0 Å². The number of fused-ring (bicyclic) bond motifs is 1.